The minimum Gasteiger partial charge on any atom is -0.450 e. The van der Waals surface area contributed by atoms with Gasteiger partial charge in [0, 0.05) is 0 Å². The maximum Gasteiger partial charge on any atom is 0.503 e. The zero-order chi connectivity index (χ0) is 7.15. The fourth-order valence-electron chi connectivity index (χ4n) is 0. The van der Waals surface area contributed by atoms with Crippen molar-refractivity contribution in [2.45, 2.75) is 4.30 Å². The molecule has 6 heteroatoms. The summed E-state index contributed by atoms with van der Waals surface area (Å²) >= 11 is 14.4. The van der Waals surface area contributed by atoms with Gasteiger partial charge in [-0.3, -0.25) is 0 Å². The van der Waals surface area contributed by atoms with Crippen LogP contribution < -0.4 is 0 Å². The Morgan fingerprint density at radius 2 is 1.25 bits per heavy atom. The normalized spacial score (nSPS) is 7.50. The fraction of sp³-hybridized carbons (Fsp3) is 0.500. The highest BCUT2D eigenvalue weighted by Gasteiger charge is 1.78. The van der Waals surface area contributed by atoms with Gasteiger partial charge in [0.15, 0.2) is 4.30 Å². The molecule has 0 aromatic heterocycles. The van der Waals surface area contributed by atoms with Gasteiger partial charge in [-0.1, -0.05) is 34.8 Å². The van der Waals surface area contributed by atoms with E-state index in [1.807, 2.05) is 0 Å². The molecule has 0 aliphatic rings. The van der Waals surface area contributed by atoms with Crippen molar-refractivity contribution in [2.75, 3.05) is 0 Å². The second-order valence-corrected chi connectivity index (χ2v) is 2.51. The Labute approximate surface area is 60.8 Å². The maximum absolute atomic E-state index is 8.56. The Morgan fingerprint density at radius 3 is 1.25 bits per heavy atom. The van der Waals surface area contributed by atoms with Gasteiger partial charge >= 0.3 is 6.16 Å². The van der Waals surface area contributed by atoms with Crippen LogP contribution in [-0.4, -0.2) is 20.7 Å². The van der Waals surface area contributed by atoms with Gasteiger partial charge in [-0.25, -0.2) is 4.79 Å². The number of carbonyl (C=O) groups is 1. The van der Waals surface area contributed by atoms with Crippen molar-refractivity contribution < 1.29 is 15.0 Å². The number of halogens is 3. The third-order valence-corrected chi connectivity index (χ3v) is 0. The molecule has 8 heavy (non-hydrogen) atoms. The molecule has 0 amide bonds. The van der Waals surface area contributed by atoms with E-state index in [0.29, 0.717) is 0 Å². The van der Waals surface area contributed by atoms with Crippen molar-refractivity contribution in [3.63, 3.8) is 0 Å². The second kappa shape index (κ2) is 7.14. The van der Waals surface area contributed by atoms with E-state index in [4.69, 9.17) is 49.8 Å². The standard InChI is InChI=1S/CHCl3.CH2O3/c2*2-1(3)4/h1H;(H2,2,3,4). The molecule has 0 heterocycles. The molecule has 0 spiro atoms. The van der Waals surface area contributed by atoms with Gasteiger partial charge in [0.05, 0.1) is 0 Å². The van der Waals surface area contributed by atoms with Crippen molar-refractivity contribution in [3.8, 4) is 0 Å². The summed E-state index contributed by atoms with van der Waals surface area (Å²) in [5.74, 6) is 0. The van der Waals surface area contributed by atoms with Crippen LogP contribution >= 0.6 is 34.8 Å². The Hall–Kier alpha value is 0.140. The first-order valence-corrected chi connectivity index (χ1v) is 2.62. The number of carboxylic acid groups (broad SMARTS) is 2. The van der Waals surface area contributed by atoms with Crippen molar-refractivity contribution >= 4 is 41.0 Å². The van der Waals surface area contributed by atoms with Crippen LogP contribution in [0.3, 0.4) is 0 Å². The summed E-state index contributed by atoms with van der Waals surface area (Å²) < 4.78 is -0.750. The van der Waals surface area contributed by atoms with Gasteiger partial charge in [-0.2, -0.15) is 0 Å². The minimum absolute atomic E-state index is 0.750. The van der Waals surface area contributed by atoms with E-state index in [-0.39, 0.29) is 0 Å². The van der Waals surface area contributed by atoms with Gasteiger partial charge in [0.2, 0.25) is 0 Å². The smallest absolute Gasteiger partial charge is 0.450 e. The van der Waals surface area contributed by atoms with Crippen molar-refractivity contribution in [2.24, 2.45) is 0 Å². The zero-order valence-electron chi connectivity index (χ0n) is 3.51. The maximum atomic E-state index is 8.56. The molecule has 0 aliphatic heterocycles. The van der Waals surface area contributed by atoms with Gasteiger partial charge in [0.1, 0.15) is 0 Å². The fourth-order valence-corrected chi connectivity index (χ4v) is 0. The van der Waals surface area contributed by atoms with Crippen molar-refractivity contribution in [3.05, 3.63) is 0 Å². The highest BCUT2D eigenvalue weighted by Crippen LogP contribution is 2.03. The Morgan fingerprint density at radius 1 is 1.25 bits per heavy atom. The lowest BCUT2D eigenvalue weighted by molar-refractivity contribution is 0.137. The van der Waals surface area contributed by atoms with Gasteiger partial charge in [-0.05, 0) is 0 Å². The van der Waals surface area contributed by atoms with Crippen molar-refractivity contribution in [1.29, 1.82) is 0 Å². The summed E-state index contributed by atoms with van der Waals surface area (Å²) in [6.45, 7) is 0. The van der Waals surface area contributed by atoms with Crippen LogP contribution in [0.15, 0.2) is 0 Å². The summed E-state index contributed by atoms with van der Waals surface area (Å²) in [6.07, 6.45) is -1.83. The van der Waals surface area contributed by atoms with Crippen LogP contribution in [0.2, 0.25) is 0 Å². The predicted octanol–water partition coefficient (Wildman–Crippen LogP) is 2.21. The molecule has 0 atom stereocenters. The highest BCUT2D eigenvalue weighted by atomic mass is 35.6. The van der Waals surface area contributed by atoms with Crippen LogP contribution in [0.4, 0.5) is 4.79 Å². The molecule has 0 rings (SSSR count). The SMILES string of the molecule is ClC(Cl)Cl.O=C(O)O. The molecule has 0 saturated heterocycles. The molecule has 0 fully saturated rings. The number of hydrogen-bond donors (Lipinski definition) is 2. The van der Waals surface area contributed by atoms with Crippen LogP contribution in [0.25, 0.3) is 0 Å². The first-order chi connectivity index (χ1) is 3.46. The van der Waals surface area contributed by atoms with Gasteiger partial charge < -0.3 is 10.2 Å². The average Bonchev–Trinajstić information content (AvgIpc) is 1.25. The summed E-state index contributed by atoms with van der Waals surface area (Å²) in [4.78, 5) is 8.56. The van der Waals surface area contributed by atoms with E-state index in [9.17, 15) is 0 Å². The molecular weight excluding hydrogens is 178 g/mol. The summed E-state index contributed by atoms with van der Waals surface area (Å²) in [5, 5.41) is 13.9. The largest absolute Gasteiger partial charge is 0.503 e. The first-order valence-electron chi connectivity index (χ1n) is 1.31. The molecule has 0 bridgehead atoms. The van der Waals surface area contributed by atoms with Crippen molar-refractivity contribution in [1.82, 2.24) is 0 Å². The molecule has 0 aromatic rings. The Bertz CT molecular complexity index is 56.8. The van der Waals surface area contributed by atoms with Gasteiger partial charge in [-0.15, -0.1) is 0 Å². The monoisotopic (exact) mass is 180 g/mol. The predicted molar refractivity (Wildman–Crippen MR) is 32.0 cm³/mol. The van der Waals surface area contributed by atoms with Crippen LogP contribution in [0.5, 0.6) is 0 Å². The summed E-state index contributed by atoms with van der Waals surface area (Å²) in [7, 11) is 0. The highest BCUT2D eigenvalue weighted by molar-refractivity contribution is 6.63. The average molecular weight is 181 g/mol. The Kier molecular flexibility index (Phi) is 9.82. The molecule has 0 aliphatic carbocycles. The van der Waals surface area contributed by atoms with E-state index in [0.717, 1.165) is 0 Å². The minimum atomic E-state index is -1.83. The lowest BCUT2D eigenvalue weighted by Crippen LogP contribution is -1.81. The summed E-state index contributed by atoms with van der Waals surface area (Å²) in [6, 6.07) is 0. The number of rotatable bonds is 0. The van der Waals surface area contributed by atoms with Crippen LogP contribution in [-0.2, 0) is 0 Å². The molecule has 0 saturated carbocycles. The van der Waals surface area contributed by atoms with Crippen LogP contribution in [0.1, 0.15) is 0 Å². The number of alkyl halides is 3. The Balaban J connectivity index is 0. The first kappa shape index (κ1) is 11.0. The van der Waals surface area contributed by atoms with Crippen LogP contribution in [0, 0.1) is 0 Å². The molecule has 3 nitrogen and oxygen atoms in total. The molecule has 2 N–H and O–H groups in total. The second-order valence-electron chi connectivity index (χ2n) is 0.530. The lowest BCUT2D eigenvalue weighted by atomic mass is 11.5. The third-order valence-electron chi connectivity index (χ3n) is 0. The van der Waals surface area contributed by atoms with E-state index >= 15 is 0 Å². The quantitative estimate of drug-likeness (QED) is 0.563. The van der Waals surface area contributed by atoms with E-state index in [1.54, 1.807) is 0 Å². The lowest BCUT2D eigenvalue weighted by Gasteiger charge is -1.69. The molecule has 0 unspecified atom stereocenters. The summed E-state index contributed by atoms with van der Waals surface area (Å²) in [5.41, 5.74) is 0. The topological polar surface area (TPSA) is 57.5 Å². The molecule has 0 radical (unpaired) electrons. The van der Waals surface area contributed by atoms with E-state index in [1.165, 1.54) is 0 Å². The zero-order valence-corrected chi connectivity index (χ0v) is 5.78. The molecule has 50 valence electrons. The van der Waals surface area contributed by atoms with E-state index < -0.39 is 10.5 Å². The third kappa shape index (κ3) is 8280. The number of hydrogen-bond acceptors (Lipinski definition) is 1. The van der Waals surface area contributed by atoms with E-state index in [2.05, 4.69) is 0 Å². The molecular formula is C2H3Cl3O3. The van der Waals surface area contributed by atoms with Gasteiger partial charge in [0.25, 0.3) is 0 Å². The molecule has 0 aromatic carbocycles.